The topological polar surface area (TPSA) is 98.7 Å². The summed E-state index contributed by atoms with van der Waals surface area (Å²) in [6.45, 7) is 12.0. The van der Waals surface area contributed by atoms with E-state index in [2.05, 4.69) is 110 Å². The second-order valence-electron chi connectivity index (χ2n) is 14.9. The van der Waals surface area contributed by atoms with Crippen molar-refractivity contribution in [1.29, 1.82) is 0 Å². The molecular formula is C41H53ClN5O4+. The maximum atomic E-state index is 11.5. The molecule has 0 spiro atoms. The van der Waals surface area contributed by atoms with Crippen molar-refractivity contribution in [3.8, 4) is 0 Å². The molecule has 0 bridgehead atoms. The van der Waals surface area contributed by atoms with E-state index in [0.717, 1.165) is 97.5 Å². The number of aliphatic carboxylic acids is 1. The summed E-state index contributed by atoms with van der Waals surface area (Å²) in [6.07, 6.45) is 22.8. The van der Waals surface area contributed by atoms with Crippen molar-refractivity contribution >= 4 is 40.9 Å². The number of carbonyl (C=O) groups excluding carboxylic acids is 1. The van der Waals surface area contributed by atoms with E-state index in [0.29, 0.717) is 12.8 Å². The molecule has 1 aromatic heterocycles. The smallest absolute Gasteiger partial charge is 0.327 e. The number of hydrogen-bond donors (Lipinski definition) is 1. The van der Waals surface area contributed by atoms with Crippen molar-refractivity contribution in [2.75, 3.05) is 33.8 Å². The lowest BCUT2D eigenvalue weighted by Gasteiger charge is -2.28. The minimum Gasteiger partial charge on any atom is -0.481 e. The standard InChI is InChI=1S/C41H52ClN5O4/c1-40(2)31-15-13-25-46(23-11-7-9-17-35(48)49)38(31)43-33(40)21-19-29-27-45(5)28-30(37(29)42)20-22-34-41(3,4)32-16-14-26-47(39(32)44-34)24-12-8-10-18-36(50)51-6/h13-16,19-22,25-26H,7-12,17-18,23-24,27-28H2,1-6H3/p+1. The number of aromatic nitrogens is 1. The van der Waals surface area contributed by atoms with Crippen LogP contribution in [0.15, 0.2) is 98.4 Å². The summed E-state index contributed by atoms with van der Waals surface area (Å²) in [5.41, 5.74) is 5.96. The van der Waals surface area contributed by atoms with Gasteiger partial charge in [-0.05, 0) is 99.5 Å². The number of carboxylic acid groups (broad SMARTS) is 1. The zero-order chi connectivity index (χ0) is 36.8. The number of unbranched alkanes of at least 4 members (excludes halogenated alkanes) is 4. The number of pyridine rings is 1. The van der Waals surface area contributed by atoms with E-state index in [1.54, 1.807) is 0 Å². The molecule has 5 heterocycles. The average Bonchev–Trinajstić information content (AvgIpc) is 3.51. The number of aryl methyl sites for hydroxylation is 1. The molecule has 0 unspecified atom stereocenters. The van der Waals surface area contributed by atoms with Crippen molar-refractivity contribution in [1.82, 2.24) is 9.80 Å². The van der Waals surface area contributed by atoms with E-state index in [4.69, 9.17) is 31.4 Å². The minimum atomic E-state index is -0.740. The lowest BCUT2D eigenvalue weighted by atomic mass is 9.81. The van der Waals surface area contributed by atoms with Gasteiger partial charge in [0, 0.05) is 54.7 Å². The number of aliphatic imine (C=N–C) groups is 2. The zero-order valence-corrected chi connectivity index (χ0v) is 31.8. The number of esters is 1. The molecule has 1 aromatic rings. The van der Waals surface area contributed by atoms with Gasteiger partial charge in [-0.2, -0.15) is 0 Å². The van der Waals surface area contributed by atoms with Gasteiger partial charge in [-0.3, -0.25) is 14.5 Å². The highest BCUT2D eigenvalue weighted by Gasteiger charge is 2.42. The molecule has 5 rings (SSSR count). The normalized spacial score (nSPS) is 20.9. The van der Waals surface area contributed by atoms with E-state index < -0.39 is 5.97 Å². The Morgan fingerprint density at radius 3 is 2.53 bits per heavy atom. The predicted molar refractivity (Wildman–Crippen MR) is 204 cm³/mol. The Bertz CT molecular complexity index is 1770. The van der Waals surface area contributed by atoms with Gasteiger partial charge in [0.2, 0.25) is 0 Å². The Morgan fingerprint density at radius 2 is 1.76 bits per heavy atom. The van der Waals surface area contributed by atoms with Gasteiger partial charge in [-0.1, -0.05) is 50.1 Å². The Balaban J connectivity index is 1.31. The van der Waals surface area contributed by atoms with Gasteiger partial charge in [0.05, 0.1) is 36.5 Å². The van der Waals surface area contributed by atoms with Crippen molar-refractivity contribution in [2.45, 2.75) is 91.0 Å². The number of likely N-dealkylation sites (N-methyl/N-ethyl adjacent to an activating group) is 1. The second-order valence-corrected chi connectivity index (χ2v) is 15.3. The van der Waals surface area contributed by atoms with Crippen LogP contribution in [0.25, 0.3) is 0 Å². The fourth-order valence-corrected chi connectivity index (χ4v) is 7.35. The zero-order valence-electron chi connectivity index (χ0n) is 31.0. The maximum absolute atomic E-state index is 11.5. The highest BCUT2D eigenvalue weighted by molar-refractivity contribution is 6.32. The Hall–Kier alpha value is -4.08. The van der Waals surface area contributed by atoms with Gasteiger partial charge in [0.25, 0.3) is 0 Å². The molecule has 0 amide bonds. The van der Waals surface area contributed by atoms with Gasteiger partial charge in [0.1, 0.15) is 5.84 Å². The number of hydrogen-bond acceptors (Lipinski definition) is 7. The molecule has 0 saturated carbocycles. The van der Waals surface area contributed by atoms with Crippen LogP contribution in [0.5, 0.6) is 0 Å². The Labute approximate surface area is 308 Å². The van der Waals surface area contributed by atoms with E-state index in [9.17, 15) is 9.59 Å². The van der Waals surface area contributed by atoms with Crippen LogP contribution < -0.4 is 4.57 Å². The molecule has 4 aliphatic rings. The quantitative estimate of drug-likeness (QED) is 0.114. The molecular weight excluding hydrogens is 662 g/mol. The van der Waals surface area contributed by atoms with Crippen LogP contribution in [0.2, 0.25) is 0 Å². The van der Waals surface area contributed by atoms with E-state index in [1.807, 2.05) is 0 Å². The van der Waals surface area contributed by atoms with Gasteiger partial charge in [0.15, 0.2) is 5.71 Å². The molecule has 10 heteroatoms. The van der Waals surface area contributed by atoms with Crippen LogP contribution in [-0.4, -0.2) is 72.2 Å². The van der Waals surface area contributed by atoms with E-state index in [1.165, 1.54) is 18.2 Å². The number of ether oxygens (including phenoxy) is 1. The molecule has 0 saturated heterocycles. The summed E-state index contributed by atoms with van der Waals surface area (Å²) in [5.74, 6) is 1.07. The van der Waals surface area contributed by atoms with Gasteiger partial charge < -0.3 is 14.7 Å². The number of fused-ring (bicyclic) bond motifs is 2. The molecule has 0 aliphatic carbocycles. The van der Waals surface area contributed by atoms with Crippen LogP contribution in [-0.2, 0) is 26.3 Å². The molecule has 4 aliphatic heterocycles. The third kappa shape index (κ3) is 8.87. The highest BCUT2D eigenvalue weighted by Crippen LogP contribution is 2.44. The first-order valence-corrected chi connectivity index (χ1v) is 18.5. The van der Waals surface area contributed by atoms with Crippen molar-refractivity contribution in [3.63, 3.8) is 0 Å². The van der Waals surface area contributed by atoms with Gasteiger partial charge in [-0.25, -0.2) is 9.56 Å². The summed E-state index contributed by atoms with van der Waals surface area (Å²) < 4.78 is 6.96. The van der Waals surface area contributed by atoms with Crippen LogP contribution in [0.3, 0.4) is 0 Å². The third-order valence-corrected chi connectivity index (χ3v) is 10.8. The summed E-state index contributed by atoms with van der Waals surface area (Å²) in [5, 5.41) is 9.72. The maximum Gasteiger partial charge on any atom is 0.327 e. The molecule has 1 N–H and O–H groups in total. The van der Waals surface area contributed by atoms with E-state index >= 15 is 0 Å². The summed E-state index contributed by atoms with van der Waals surface area (Å²) >= 11 is 7.13. The summed E-state index contributed by atoms with van der Waals surface area (Å²) in [4.78, 5) is 37.1. The molecule has 0 fully saturated rings. The summed E-state index contributed by atoms with van der Waals surface area (Å²) in [6, 6.07) is 4.23. The number of halogens is 1. The first kappa shape index (κ1) is 38.2. The van der Waals surface area contributed by atoms with Crippen LogP contribution in [0.4, 0.5) is 5.82 Å². The molecule has 0 atom stereocenters. The number of carbonyl (C=O) groups is 2. The number of carboxylic acids is 1. The van der Waals surface area contributed by atoms with Crippen LogP contribution in [0, 0.1) is 5.41 Å². The van der Waals surface area contributed by atoms with Crippen LogP contribution >= 0.6 is 11.6 Å². The second kappa shape index (κ2) is 16.5. The number of amidine groups is 1. The Kier molecular flexibility index (Phi) is 12.4. The monoisotopic (exact) mass is 714 g/mol. The SMILES string of the molecule is COC(=O)CCCCCN1C=CC=C2C1=N/C(=C/C=C1\CN(C)CC(/C=C/C3=Nc4c(ccc[n+]4CCCCCC(=O)O)C3(C)C)=C1Cl)C2(C)C. The molecule has 0 radical (unpaired) electrons. The van der Waals surface area contributed by atoms with E-state index in [-0.39, 0.29) is 23.2 Å². The highest BCUT2D eigenvalue weighted by atomic mass is 35.5. The number of allylic oxidation sites excluding steroid dienone is 6. The predicted octanol–water partition coefficient (Wildman–Crippen LogP) is 7.72. The van der Waals surface area contributed by atoms with Gasteiger partial charge in [-0.15, -0.1) is 0 Å². The fourth-order valence-electron chi connectivity index (χ4n) is 7.11. The fraction of sp³-hybridized carbons (Fsp3) is 0.488. The van der Waals surface area contributed by atoms with Gasteiger partial charge >= 0.3 is 17.8 Å². The number of rotatable bonds is 15. The summed E-state index contributed by atoms with van der Waals surface area (Å²) in [7, 11) is 3.54. The molecule has 51 heavy (non-hydrogen) atoms. The minimum absolute atomic E-state index is 0.155. The lowest BCUT2D eigenvalue weighted by Crippen LogP contribution is -2.34. The Morgan fingerprint density at radius 1 is 1.00 bits per heavy atom. The molecule has 9 nitrogen and oxygen atoms in total. The molecule has 0 aromatic carbocycles. The molecule has 272 valence electrons. The largest absolute Gasteiger partial charge is 0.481 e. The first-order valence-electron chi connectivity index (χ1n) is 18.1. The average molecular weight is 715 g/mol. The van der Waals surface area contributed by atoms with Crippen molar-refractivity contribution in [2.24, 2.45) is 15.4 Å². The van der Waals surface area contributed by atoms with Crippen LogP contribution in [0.1, 0.15) is 84.6 Å². The van der Waals surface area contributed by atoms with Crippen molar-refractivity contribution < 1.29 is 24.0 Å². The number of methoxy groups -OCH3 is 1. The van der Waals surface area contributed by atoms with Crippen molar-refractivity contribution in [3.05, 3.63) is 94.0 Å². The first-order chi connectivity index (χ1) is 24.3. The number of nitrogens with zero attached hydrogens (tertiary/aromatic N) is 5. The lowest BCUT2D eigenvalue weighted by molar-refractivity contribution is -0.684. The third-order valence-electron chi connectivity index (χ3n) is 10.3.